The quantitative estimate of drug-likeness (QED) is 0.757. The van der Waals surface area contributed by atoms with Crippen LogP contribution in [-0.4, -0.2) is 10.9 Å². The van der Waals surface area contributed by atoms with Crippen LogP contribution in [0, 0.1) is 0 Å². The third-order valence-corrected chi connectivity index (χ3v) is 3.36. The Morgan fingerprint density at radius 3 is 2.57 bits per heavy atom. The van der Waals surface area contributed by atoms with Crippen molar-refractivity contribution >= 4 is 39.8 Å². The molecule has 0 saturated carbocycles. The van der Waals surface area contributed by atoms with Gasteiger partial charge in [-0.2, -0.15) is 0 Å². The van der Waals surface area contributed by atoms with Crippen molar-refractivity contribution in [1.82, 2.24) is 4.98 Å². The van der Waals surface area contributed by atoms with E-state index in [9.17, 15) is 4.79 Å². The SMILES string of the molecule is Nc1nc(C(=O)Nc2ccc(Cl)cc2)cc2ccccc12. The van der Waals surface area contributed by atoms with Gasteiger partial charge in [0.25, 0.3) is 5.91 Å². The number of rotatable bonds is 2. The fourth-order valence-corrected chi connectivity index (χ4v) is 2.20. The number of pyridine rings is 1. The van der Waals surface area contributed by atoms with Gasteiger partial charge in [-0.1, -0.05) is 35.9 Å². The maximum atomic E-state index is 12.2. The Kier molecular flexibility index (Phi) is 3.46. The van der Waals surface area contributed by atoms with Crippen LogP contribution in [0.5, 0.6) is 0 Å². The van der Waals surface area contributed by atoms with Crippen LogP contribution in [0.2, 0.25) is 5.02 Å². The van der Waals surface area contributed by atoms with Gasteiger partial charge in [0, 0.05) is 16.1 Å². The Bertz CT molecular complexity index is 815. The summed E-state index contributed by atoms with van der Waals surface area (Å²) in [4.78, 5) is 16.4. The van der Waals surface area contributed by atoms with Crippen molar-refractivity contribution in [2.75, 3.05) is 11.1 Å². The molecule has 21 heavy (non-hydrogen) atoms. The average molecular weight is 298 g/mol. The predicted octanol–water partition coefficient (Wildman–Crippen LogP) is 3.72. The first-order chi connectivity index (χ1) is 10.1. The number of nitrogens with one attached hydrogen (secondary N) is 1. The first-order valence-corrected chi connectivity index (χ1v) is 6.73. The number of carbonyl (C=O) groups excluding carboxylic acids is 1. The number of aromatic nitrogens is 1. The molecule has 3 rings (SSSR count). The molecular formula is C16H12ClN3O. The number of nitrogens with two attached hydrogens (primary N) is 1. The molecule has 5 heteroatoms. The summed E-state index contributed by atoms with van der Waals surface area (Å²) in [5.74, 6) is 0.0316. The van der Waals surface area contributed by atoms with Crippen LogP contribution >= 0.6 is 11.6 Å². The first kappa shape index (κ1) is 13.4. The highest BCUT2D eigenvalue weighted by Gasteiger charge is 2.11. The zero-order chi connectivity index (χ0) is 14.8. The number of nitrogen functional groups attached to an aromatic ring is 1. The number of fused-ring (bicyclic) bond motifs is 1. The van der Waals surface area contributed by atoms with Crippen molar-refractivity contribution in [1.29, 1.82) is 0 Å². The molecule has 3 N–H and O–H groups in total. The second kappa shape index (κ2) is 5.42. The van der Waals surface area contributed by atoms with Gasteiger partial charge in [-0.15, -0.1) is 0 Å². The van der Waals surface area contributed by atoms with Crippen molar-refractivity contribution in [3.8, 4) is 0 Å². The highest BCUT2D eigenvalue weighted by Crippen LogP contribution is 2.21. The Labute approximate surface area is 126 Å². The summed E-state index contributed by atoms with van der Waals surface area (Å²) >= 11 is 5.81. The summed E-state index contributed by atoms with van der Waals surface area (Å²) in [5.41, 5.74) is 6.83. The number of hydrogen-bond acceptors (Lipinski definition) is 3. The van der Waals surface area contributed by atoms with Crippen LogP contribution in [0.25, 0.3) is 10.8 Å². The van der Waals surface area contributed by atoms with Crippen molar-refractivity contribution in [3.05, 3.63) is 65.3 Å². The van der Waals surface area contributed by atoms with Crippen molar-refractivity contribution in [3.63, 3.8) is 0 Å². The molecule has 0 unspecified atom stereocenters. The molecule has 0 spiro atoms. The van der Waals surface area contributed by atoms with Gasteiger partial charge >= 0.3 is 0 Å². The summed E-state index contributed by atoms with van der Waals surface area (Å²) in [6.07, 6.45) is 0. The number of hydrogen-bond donors (Lipinski definition) is 2. The van der Waals surface area contributed by atoms with E-state index in [2.05, 4.69) is 10.3 Å². The molecule has 0 aliphatic heterocycles. The van der Waals surface area contributed by atoms with E-state index in [4.69, 9.17) is 17.3 Å². The molecule has 0 saturated heterocycles. The maximum Gasteiger partial charge on any atom is 0.274 e. The molecule has 0 aliphatic rings. The number of carbonyl (C=O) groups is 1. The van der Waals surface area contributed by atoms with E-state index in [1.807, 2.05) is 24.3 Å². The van der Waals surface area contributed by atoms with Crippen LogP contribution in [0.1, 0.15) is 10.5 Å². The number of halogens is 1. The van der Waals surface area contributed by atoms with Crippen LogP contribution in [0.15, 0.2) is 54.6 Å². The first-order valence-electron chi connectivity index (χ1n) is 6.36. The Balaban J connectivity index is 1.92. The largest absolute Gasteiger partial charge is 0.383 e. The van der Waals surface area contributed by atoms with Gasteiger partial charge in [0.05, 0.1) is 0 Å². The second-order valence-corrected chi connectivity index (χ2v) is 5.01. The molecule has 2 aromatic carbocycles. The normalized spacial score (nSPS) is 10.5. The molecule has 0 bridgehead atoms. The van der Waals surface area contributed by atoms with E-state index in [0.717, 1.165) is 10.8 Å². The molecule has 1 amide bonds. The molecule has 3 aromatic rings. The lowest BCUT2D eigenvalue weighted by Crippen LogP contribution is -2.14. The Hall–Kier alpha value is -2.59. The van der Waals surface area contributed by atoms with Crippen molar-refractivity contribution in [2.45, 2.75) is 0 Å². The zero-order valence-electron chi connectivity index (χ0n) is 11.0. The molecule has 0 fully saturated rings. The predicted molar refractivity (Wildman–Crippen MR) is 85.6 cm³/mol. The minimum absolute atomic E-state index is 0.279. The van der Waals surface area contributed by atoms with Crippen molar-refractivity contribution in [2.24, 2.45) is 0 Å². The molecule has 0 aliphatic carbocycles. The average Bonchev–Trinajstić information content (AvgIpc) is 2.49. The molecule has 1 heterocycles. The highest BCUT2D eigenvalue weighted by atomic mass is 35.5. The second-order valence-electron chi connectivity index (χ2n) is 4.57. The molecule has 0 atom stereocenters. The van der Waals surface area contributed by atoms with Crippen LogP contribution in [-0.2, 0) is 0 Å². The Morgan fingerprint density at radius 2 is 1.81 bits per heavy atom. The monoisotopic (exact) mass is 297 g/mol. The van der Waals surface area contributed by atoms with E-state index in [1.54, 1.807) is 30.3 Å². The number of anilines is 2. The van der Waals surface area contributed by atoms with E-state index in [-0.39, 0.29) is 11.6 Å². The van der Waals surface area contributed by atoms with E-state index in [0.29, 0.717) is 16.5 Å². The lowest BCUT2D eigenvalue weighted by Gasteiger charge is -2.07. The van der Waals surface area contributed by atoms with Gasteiger partial charge in [-0.05, 0) is 35.7 Å². The number of benzene rings is 2. The van der Waals surface area contributed by atoms with Gasteiger partial charge in [0.15, 0.2) is 0 Å². The standard InChI is InChI=1S/C16H12ClN3O/c17-11-5-7-12(8-6-11)19-16(21)14-9-10-3-1-2-4-13(10)15(18)20-14/h1-9H,(H2,18,20)(H,19,21). The van der Waals surface area contributed by atoms with Crippen molar-refractivity contribution < 1.29 is 4.79 Å². The third-order valence-electron chi connectivity index (χ3n) is 3.10. The van der Waals surface area contributed by atoms with E-state index < -0.39 is 0 Å². The minimum Gasteiger partial charge on any atom is -0.383 e. The summed E-state index contributed by atoms with van der Waals surface area (Å²) in [5, 5.41) is 5.09. The van der Waals surface area contributed by atoms with Gasteiger partial charge < -0.3 is 11.1 Å². The van der Waals surface area contributed by atoms with Crippen LogP contribution in [0.3, 0.4) is 0 Å². The summed E-state index contributed by atoms with van der Waals surface area (Å²) in [7, 11) is 0. The van der Waals surface area contributed by atoms with Gasteiger partial charge in [0.1, 0.15) is 11.5 Å². The topological polar surface area (TPSA) is 68.0 Å². The summed E-state index contributed by atoms with van der Waals surface area (Å²) < 4.78 is 0. The lowest BCUT2D eigenvalue weighted by molar-refractivity contribution is 0.102. The lowest BCUT2D eigenvalue weighted by atomic mass is 10.1. The molecule has 4 nitrogen and oxygen atoms in total. The summed E-state index contributed by atoms with van der Waals surface area (Å²) in [6, 6.07) is 16.1. The maximum absolute atomic E-state index is 12.2. The molecule has 1 aromatic heterocycles. The van der Waals surface area contributed by atoms with E-state index in [1.165, 1.54) is 0 Å². The smallest absolute Gasteiger partial charge is 0.274 e. The molecule has 0 radical (unpaired) electrons. The van der Waals surface area contributed by atoms with Gasteiger partial charge in [-0.25, -0.2) is 4.98 Å². The Morgan fingerprint density at radius 1 is 1.10 bits per heavy atom. The van der Waals surface area contributed by atoms with Gasteiger partial charge in [0.2, 0.25) is 0 Å². The summed E-state index contributed by atoms with van der Waals surface area (Å²) in [6.45, 7) is 0. The van der Waals surface area contributed by atoms with Crippen LogP contribution < -0.4 is 11.1 Å². The van der Waals surface area contributed by atoms with Gasteiger partial charge in [-0.3, -0.25) is 4.79 Å². The minimum atomic E-state index is -0.310. The molecule has 104 valence electrons. The molecular weight excluding hydrogens is 286 g/mol. The zero-order valence-corrected chi connectivity index (χ0v) is 11.8. The fourth-order valence-electron chi connectivity index (χ4n) is 2.07. The number of amides is 1. The van der Waals surface area contributed by atoms with E-state index >= 15 is 0 Å². The fraction of sp³-hybridized carbons (Fsp3) is 0. The highest BCUT2D eigenvalue weighted by molar-refractivity contribution is 6.30. The third kappa shape index (κ3) is 2.80. The van der Waals surface area contributed by atoms with Crippen LogP contribution in [0.4, 0.5) is 11.5 Å². The number of nitrogens with zero attached hydrogens (tertiary/aromatic N) is 1.